The average Bonchev–Trinajstić information content (AvgIpc) is 3.66. The van der Waals surface area contributed by atoms with Crippen molar-refractivity contribution in [3.05, 3.63) is 85.5 Å². The molecule has 2 bridgehead atoms. The van der Waals surface area contributed by atoms with Crippen molar-refractivity contribution in [3.8, 4) is 5.75 Å². The largest absolute Gasteiger partial charge is 0.494 e. The van der Waals surface area contributed by atoms with Gasteiger partial charge < -0.3 is 24.5 Å². The van der Waals surface area contributed by atoms with Crippen LogP contribution < -0.4 is 9.64 Å². The molecular weight excluding hydrogens is 611 g/mol. The lowest BCUT2D eigenvalue weighted by atomic mass is 9.65. The van der Waals surface area contributed by atoms with Gasteiger partial charge in [-0.3, -0.25) is 14.4 Å². The first-order chi connectivity index (χ1) is 22.6. The third-order valence-corrected chi connectivity index (χ3v) is 12.0. The second-order valence-electron chi connectivity index (χ2n) is 13.4. The summed E-state index contributed by atoms with van der Waals surface area (Å²) in [5.74, 6) is -0.896. The zero-order chi connectivity index (χ0) is 33.9. The number of carbonyl (C=O) groups is 3. The van der Waals surface area contributed by atoms with E-state index in [-0.39, 0.29) is 48.0 Å². The molecule has 3 heterocycles. The summed E-state index contributed by atoms with van der Waals surface area (Å²) in [6.07, 6.45) is 4.68. The summed E-state index contributed by atoms with van der Waals surface area (Å²) >= 11 is 1.66. The van der Waals surface area contributed by atoms with E-state index in [1.54, 1.807) is 38.6 Å². The summed E-state index contributed by atoms with van der Waals surface area (Å²) in [5, 5.41) is 10.6. The fourth-order valence-electron chi connectivity index (χ4n) is 8.12. The Labute approximate surface area is 283 Å². The predicted octanol–water partition coefficient (Wildman–Crippen LogP) is 5.56. The van der Waals surface area contributed by atoms with E-state index < -0.39 is 28.7 Å². The summed E-state index contributed by atoms with van der Waals surface area (Å²) in [5.41, 5.74) is 1.68. The highest BCUT2D eigenvalue weighted by atomic mass is 32.2. The molecular formula is C38H49N3O5S. The minimum atomic E-state index is -0.819. The number of fused-ring (bicyclic) bond motifs is 1. The topological polar surface area (TPSA) is 90.4 Å². The molecule has 3 saturated heterocycles. The van der Waals surface area contributed by atoms with Gasteiger partial charge in [-0.25, -0.2) is 0 Å². The zero-order valence-corrected chi connectivity index (χ0v) is 28.9. The molecule has 1 spiro atoms. The van der Waals surface area contributed by atoms with Gasteiger partial charge in [0.25, 0.3) is 0 Å². The van der Waals surface area contributed by atoms with Crippen LogP contribution in [-0.4, -0.2) is 81.0 Å². The molecule has 3 amide bonds. The molecule has 2 aromatic carbocycles. The molecule has 0 aliphatic carbocycles. The van der Waals surface area contributed by atoms with Gasteiger partial charge in [-0.2, -0.15) is 0 Å². The highest BCUT2D eigenvalue weighted by molar-refractivity contribution is 8.02. The van der Waals surface area contributed by atoms with Crippen molar-refractivity contribution >= 4 is 35.2 Å². The van der Waals surface area contributed by atoms with E-state index in [9.17, 15) is 19.5 Å². The van der Waals surface area contributed by atoms with Gasteiger partial charge in [-0.05, 0) is 61.4 Å². The number of aliphatic hydroxyl groups excluding tert-OH is 1. The molecule has 0 saturated carbocycles. The minimum Gasteiger partial charge on any atom is -0.494 e. The van der Waals surface area contributed by atoms with Crippen molar-refractivity contribution in [2.75, 3.05) is 31.2 Å². The number of benzene rings is 2. The van der Waals surface area contributed by atoms with Crippen LogP contribution in [0.2, 0.25) is 0 Å². The molecule has 3 fully saturated rings. The van der Waals surface area contributed by atoms with Crippen LogP contribution >= 0.6 is 11.8 Å². The van der Waals surface area contributed by atoms with Crippen LogP contribution in [0.5, 0.6) is 5.75 Å². The molecule has 3 aliphatic heterocycles. The summed E-state index contributed by atoms with van der Waals surface area (Å²) in [6, 6.07) is 15.9. The van der Waals surface area contributed by atoms with Crippen molar-refractivity contribution in [2.24, 2.45) is 23.7 Å². The number of hydrogen-bond acceptors (Lipinski definition) is 6. The number of aliphatic hydroxyl groups is 1. The monoisotopic (exact) mass is 659 g/mol. The zero-order valence-electron chi connectivity index (χ0n) is 28.1. The maximum Gasteiger partial charge on any atom is 0.247 e. The molecule has 5 rings (SSSR count). The van der Waals surface area contributed by atoms with E-state index in [0.717, 1.165) is 12.0 Å². The summed E-state index contributed by atoms with van der Waals surface area (Å²) in [6.45, 7) is 17.3. The summed E-state index contributed by atoms with van der Waals surface area (Å²) in [7, 11) is 0. The van der Waals surface area contributed by atoms with Crippen LogP contribution in [-0.2, 0) is 20.9 Å². The van der Waals surface area contributed by atoms with Gasteiger partial charge in [0, 0.05) is 30.6 Å². The van der Waals surface area contributed by atoms with E-state index in [1.807, 2.05) is 61.5 Å². The van der Waals surface area contributed by atoms with Crippen molar-refractivity contribution < 1.29 is 24.2 Å². The lowest BCUT2D eigenvalue weighted by molar-refractivity contribution is -0.146. The Morgan fingerprint density at radius 2 is 1.77 bits per heavy atom. The quantitative estimate of drug-likeness (QED) is 0.252. The molecule has 2 aromatic rings. The number of rotatable bonds is 15. The molecule has 3 unspecified atom stereocenters. The number of hydrogen-bond donors (Lipinski definition) is 1. The lowest BCUT2D eigenvalue weighted by Crippen LogP contribution is -2.59. The van der Waals surface area contributed by atoms with Crippen molar-refractivity contribution in [3.63, 3.8) is 0 Å². The molecule has 8 nitrogen and oxygen atoms in total. The normalized spacial score (nSPS) is 26.6. The molecule has 252 valence electrons. The number of anilines is 1. The fraction of sp³-hybridized carbons (Fsp3) is 0.500. The summed E-state index contributed by atoms with van der Waals surface area (Å²) < 4.78 is 4.82. The van der Waals surface area contributed by atoms with Crippen LogP contribution in [0, 0.1) is 23.7 Å². The van der Waals surface area contributed by atoms with Crippen LogP contribution in [0.1, 0.15) is 46.1 Å². The lowest BCUT2D eigenvalue weighted by Gasteiger charge is -2.42. The summed E-state index contributed by atoms with van der Waals surface area (Å²) in [4.78, 5) is 49.7. The highest BCUT2D eigenvalue weighted by Gasteiger charge is 2.77. The predicted molar refractivity (Wildman–Crippen MR) is 188 cm³/mol. The first-order valence-corrected chi connectivity index (χ1v) is 17.7. The number of likely N-dealkylation sites (tertiary alicyclic amines) is 1. The first kappa shape index (κ1) is 34.8. The fourth-order valence-corrected chi connectivity index (χ4v) is 10.5. The van der Waals surface area contributed by atoms with Gasteiger partial charge in [0.05, 0.1) is 35.8 Å². The molecule has 0 aromatic heterocycles. The van der Waals surface area contributed by atoms with Gasteiger partial charge in [0.1, 0.15) is 11.8 Å². The second kappa shape index (κ2) is 14.7. The first-order valence-electron chi connectivity index (χ1n) is 16.8. The maximum atomic E-state index is 15.0. The number of nitrogens with zero attached hydrogens (tertiary/aromatic N) is 3. The van der Waals surface area contributed by atoms with Crippen molar-refractivity contribution in [2.45, 2.75) is 69.2 Å². The van der Waals surface area contributed by atoms with Crippen LogP contribution in [0.3, 0.4) is 0 Å². The van der Waals surface area contributed by atoms with Crippen molar-refractivity contribution in [1.29, 1.82) is 0 Å². The molecule has 47 heavy (non-hydrogen) atoms. The average molecular weight is 660 g/mol. The van der Waals surface area contributed by atoms with Gasteiger partial charge in [0.15, 0.2) is 0 Å². The van der Waals surface area contributed by atoms with Gasteiger partial charge >= 0.3 is 0 Å². The van der Waals surface area contributed by atoms with E-state index in [2.05, 4.69) is 33.9 Å². The van der Waals surface area contributed by atoms with E-state index in [0.29, 0.717) is 37.6 Å². The van der Waals surface area contributed by atoms with E-state index in [4.69, 9.17) is 4.74 Å². The van der Waals surface area contributed by atoms with Gasteiger partial charge in [-0.15, -0.1) is 24.9 Å². The molecule has 9 heteroatoms. The van der Waals surface area contributed by atoms with E-state index >= 15 is 0 Å². The number of carbonyl (C=O) groups excluding carboxylic acids is 3. The molecule has 7 atom stereocenters. The Morgan fingerprint density at radius 1 is 1.09 bits per heavy atom. The SMILES string of the molecule is C=CCN(Cc1ccccc1)C(=O)C1N([C@@H](CO)CC(C)C)C(=O)[C@@H]2[C@@H](C(=O)N(CC=C)c3ccc(OCC)cc3)[C@H]3CC(C)C12S3. The standard InChI is InChI=1S/C38H49N3O5S/c1-7-19-39(23-27-13-11-10-12-14-27)37(45)34-38-26(6)22-31(47-38)32(33(38)36(44)41(34)29(24-42)21-25(4)5)35(43)40(20-8-2)28-15-17-30(18-16-28)46-9-3/h7-8,10-18,25-26,29,31-34,42H,1-2,9,19-24H2,3-6H3/t26?,29-,31-,32+,33+,34?,38?/m1/s1. The second-order valence-corrected chi connectivity index (χ2v) is 15.0. The van der Waals surface area contributed by atoms with E-state index in [1.165, 1.54) is 0 Å². The van der Waals surface area contributed by atoms with Gasteiger partial charge in [-0.1, -0.05) is 63.3 Å². The Bertz CT molecular complexity index is 1450. The third-order valence-electron chi connectivity index (χ3n) is 9.96. The van der Waals surface area contributed by atoms with Crippen molar-refractivity contribution in [1.82, 2.24) is 9.80 Å². The van der Waals surface area contributed by atoms with Crippen LogP contribution in [0.25, 0.3) is 0 Å². The molecule has 3 aliphatic rings. The molecule has 1 N–H and O–H groups in total. The smallest absolute Gasteiger partial charge is 0.247 e. The number of ether oxygens (including phenoxy) is 1. The third kappa shape index (κ3) is 6.36. The molecule has 0 radical (unpaired) electrons. The Morgan fingerprint density at radius 3 is 2.36 bits per heavy atom. The Balaban J connectivity index is 1.58. The van der Waals surface area contributed by atoms with Gasteiger partial charge in [0.2, 0.25) is 17.7 Å². The Kier molecular flexibility index (Phi) is 10.9. The number of thioether (sulfide) groups is 1. The Hall–Kier alpha value is -3.56. The van der Waals surface area contributed by atoms with Crippen LogP contribution in [0.15, 0.2) is 79.9 Å². The number of amides is 3. The maximum absolute atomic E-state index is 15.0. The minimum absolute atomic E-state index is 0.00785. The van der Waals surface area contributed by atoms with Crippen LogP contribution in [0.4, 0.5) is 5.69 Å². The highest BCUT2D eigenvalue weighted by Crippen LogP contribution is 2.69.